The molecule has 5 nitrogen and oxygen atoms in total. The SMILES string of the molecule is CCNC(=O)N1CCCCCNC(=O)[C@@H]2CCC[C@@H]21. The first-order valence-electron chi connectivity index (χ1n) is 7.56. The molecule has 1 aliphatic heterocycles. The maximum atomic E-state index is 12.2. The quantitative estimate of drug-likeness (QED) is 0.756. The number of nitrogens with zero attached hydrogens (tertiary/aromatic N) is 1. The van der Waals surface area contributed by atoms with Gasteiger partial charge in [-0.1, -0.05) is 6.42 Å². The molecular weight excluding hydrogens is 242 g/mol. The molecule has 0 spiro atoms. The van der Waals surface area contributed by atoms with E-state index in [2.05, 4.69) is 10.6 Å². The van der Waals surface area contributed by atoms with Crippen LogP contribution >= 0.6 is 0 Å². The lowest BCUT2D eigenvalue weighted by Gasteiger charge is -2.33. The molecule has 1 aliphatic carbocycles. The molecule has 19 heavy (non-hydrogen) atoms. The molecule has 0 aromatic rings. The van der Waals surface area contributed by atoms with Gasteiger partial charge < -0.3 is 15.5 Å². The van der Waals surface area contributed by atoms with Gasteiger partial charge >= 0.3 is 6.03 Å². The van der Waals surface area contributed by atoms with E-state index in [4.69, 9.17) is 0 Å². The van der Waals surface area contributed by atoms with Gasteiger partial charge in [0, 0.05) is 25.7 Å². The molecule has 1 heterocycles. The van der Waals surface area contributed by atoms with Gasteiger partial charge in [-0.3, -0.25) is 4.79 Å². The van der Waals surface area contributed by atoms with Gasteiger partial charge in [-0.05, 0) is 39.0 Å². The second-order valence-electron chi connectivity index (χ2n) is 5.49. The average molecular weight is 267 g/mol. The lowest BCUT2D eigenvalue weighted by atomic mass is 9.99. The number of hydrogen-bond acceptors (Lipinski definition) is 2. The van der Waals surface area contributed by atoms with Crippen molar-refractivity contribution in [2.45, 2.75) is 51.5 Å². The van der Waals surface area contributed by atoms with Gasteiger partial charge in [0.15, 0.2) is 0 Å². The van der Waals surface area contributed by atoms with Gasteiger partial charge in [-0.25, -0.2) is 4.79 Å². The topological polar surface area (TPSA) is 61.4 Å². The van der Waals surface area contributed by atoms with Gasteiger partial charge in [0.05, 0.1) is 5.92 Å². The third kappa shape index (κ3) is 3.39. The van der Waals surface area contributed by atoms with Crippen molar-refractivity contribution >= 4 is 11.9 Å². The van der Waals surface area contributed by atoms with Crippen molar-refractivity contribution in [2.24, 2.45) is 5.92 Å². The summed E-state index contributed by atoms with van der Waals surface area (Å²) in [6.07, 6.45) is 6.00. The summed E-state index contributed by atoms with van der Waals surface area (Å²) in [5, 5.41) is 5.90. The number of rotatable bonds is 1. The summed E-state index contributed by atoms with van der Waals surface area (Å²) in [5.41, 5.74) is 0. The first kappa shape index (κ1) is 14.2. The number of fused-ring (bicyclic) bond motifs is 1. The Balaban J connectivity index is 2.12. The fourth-order valence-corrected chi connectivity index (χ4v) is 3.22. The highest BCUT2D eigenvalue weighted by Gasteiger charge is 2.38. The number of carbonyl (C=O) groups excluding carboxylic acids is 2. The van der Waals surface area contributed by atoms with Gasteiger partial charge in [-0.2, -0.15) is 0 Å². The van der Waals surface area contributed by atoms with E-state index in [1.54, 1.807) is 0 Å². The highest BCUT2D eigenvalue weighted by Crippen LogP contribution is 2.31. The molecule has 1 saturated heterocycles. The van der Waals surface area contributed by atoms with Crippen LogP contribution in [0.2, 0.25) is 0 Å². The maximum absolute atomic E-state index is 12.2. The standard InChI is InChI=1S/C14H25N3O2/c1-2-15-14(19)17-10-5-3-4-9-16-13(18)11-7-6-8-12(11)17/h11-12H,2-10H2,1H3,(H,15,19)(H,16,18)/t11-,12+/m1/s1. The summed E-state index contributed by atoms with van der Waals surface area (Å²) in [6.45, 7) is 4.13. The molecule has 0 radical (unpaired) electrons. The van der Waals surface area contributed by atoms with Gasteiger partial charge in [0.2, 0.25) is 5.91 Å². The van der Waals surface area contributed by atoms with Crippen LogP contribution in [0.15, 0.2) is 0 Å². The van der Waals surface area contributed by atoms with Crippen LogP contribution in [0, 0.1) is 5.92 Å². The number of urea groups is 1. The Bertz CT molecular complexity index is 333. The van der Waals surface area contributed by atoms with Crippen molar-refractivity contribution in [1.29, 1.82) is 0 Å². The van der Waals surface area contributed by atoms with E-state index in [0.29, 0.717) is 6.54 Å². The number of hydrogen-bond donors (Lipinski definition) is 2. The number of carbonyl (C=O) groups is 2. The monoisotopic (exact) mass is 267 g/mol. The third-order valence-corrected chi connectivity index (χ3v) is 4.18. The molecule has 1 saturated carbocycles. The molecule has 0 bridgehead atoms. The summed E-state index contributed by atoms with van der Waals surface area (Å²) < 4.78 is 0. The summed E-state index contributed by atoms with van der Waals surface area (Å²) >= 11 is 0. The molecule has 2 N–H and O–H groups in total. The zero-order valence-electron chi connectivity index (χ0n) is 11.8. The van der Waals surface area contributed by atoms with Crippen molar-refractivity contribution in [1.82, 2.24) is 15.5 Å². The second kappa shape index (κ2) is 6.78. The minimum atomic E-state index is -0.0132. The van der Waals surface area contributed by atoms with Crippen LogP contribution in [-0.4, -0.2) is 42.5 Å². The van der Waals surface area contributed by atoms with E-state index in [9.17, 15) is 9.59 Å². The summed E-state index contributed by atoms with van der Waals surface area (Å²) in [7, 11) is 0. The first-order chi connectivity index (χ1) is 9.24. The summed E-state index contributed by atoms with van der Waals surface area (Å²) in [5.74, 6) is 0.124. The minimum Gasteiger partial charge on any atom is -0.356 e. The number of amides is 3. The molecule has 2 atom stereocenters. The Morgan fingerprint density at radius 1 is 1.32 bits per heavy atom. The van der Waals surface area contributed by atoms with E-state index in [0.717, 1.165) is 51.6 Å². The van der Waals surface area contributed by atoms with Crippen LogP contribution < -0.4 is 10.6 Å². The fraction of sp³-hybridized carbons (Fsp3) is 0.857. The molecule has 3 amide bonds. The molecule has 0 unspecified atom stereocenters. The molecule has 0 aromatic heterocycles. The second-order valence-corrected chi connectivity index (χ2v) is 5.49. The Kier molecular flexibility index (Phi) is 5.05. The lowest BCUT2D eigenvalue weighted by Crippen LogP contribution is -2.51. The van der Waals surface area contributed by atoms with Crippen molar-refractivity contribution in [3.63, 3.8) is 0 Å². The highest BCUT2D eigenvalue weighted by molar-refractivity contribution is 5.81. The minimum absolute atomic E-state index is 0.00669. The predicted octanol–water partition coefficient (Wildman–Crippen LogP) is 1.49. The molecule has 2 aliphatic rings. The van der Waals surface area contributed by atoms with Crippen molar-refractivity contribution in [3.05, 3.63) is 0 Å². The Hall–Kier alpha value is -1.26. The molecular formula is C14H25N3O2. The zero-order chi connectivity index (χ0) is 13.7. The fourth-order valence-electron chi connectivity index (χ4n) is 3.22. The van der Waals surface area contributed by atoms with E-state index in [1.807, 2.05) is 11.8 Å². The van der Waals surface area contributed by atoms with Crippen LogP contribution in [0.5, 0.6) is 0 Å². The van der Waals surface area contributed by atoms with E-state index in [1.165, 1.54) is 0 Å². The Morgan fingerprint density at radius 3 is 2.95 bits per heavy atom. The normalized spacial score (nSPS) is 28.5. The van der Waals surface area contributed by atoms with Gasteiger partial charge in [0.1, 0.15) is 0 Å². The molecule has 5 heteroatoms. The largest absolute Gasteiger partial charge is 0.356 e. The maximum Gasteiger partial charge on any atom is 0.317 e. The first-order valence-corrected chi connectivity index (χ1v) is 7.56. The smallest absolute Gasteiger partial charge is 0.317 e. The molecule has 2 fully saturated rings. The lowest BCUT2D eigenvalue weighted by molar-refractivity contribution is -0.126. The van der Waals surface area contributed by atoms with E-state index in [-0.39, 0.29) is 23.9 Å². The van der Waals surface area contributed by atoms with Crippen LogP contribution in [0.3, 0.4) is 0 Å². The Morgan fingerprint density at radius 2 is 2.16 bits per heavy atom. The predicted molar refractivity (Wildman–Crippen MR) is 73.8 cm³/mol. The van der Waals surface area contributed by atoms with Crippen LogP contribution in [0.25, 0.3) is 0 Å². The van der Waals surface area contributed by atoms with Crippen LogP contribution in [0.1, 0.15) is 45.4 Å². The highest BCUT2D eigenvalue weighted by atomic mass is 16.2. The average Bonchev–Trinajstić information content (AvgIpc) is 2.86. The molecule has 2 rings (SSSR count). The summed E-state index contributed by atoms with van der Waals surface area (Å²) in [6, 6.07) is 0.0809. The van der Waals surface area contributed by atoms with E-state index >= 15 is 0 Å². The third-order valence-electron chi connectivity index (χ3n) is 4.18. The van der Waals surface area contributed by atoms with Crippen molar-refractivity contribution in [3.8, 4) is 0 Å². The van der Waals surface area contributed by atoms with Gasteiger partial charge in [-0.15, -0.1) is 0 Å². The van der Waals surface area contributed by atoms with Crippen LogP contribution in [-0.2, 0) is 4.79 Å². The van der Waals surface area contributed by atoms with Crippen molar-refractivity contribution < 1.29 is 9.59 Å². The van der Waals surface area contributed by atoms with Crippen molar-refractivity contribution in [2.75, 3.05) is 19.6 Å². The zero-order valence-corrected chi connectivity index (χ0v) is 11.8. The Labute approximate surface area is 115 Å². The van der Waals surface area contributed by atoms with E-state index < -0.39 is 0 Å². The van der Waals surface area contributed by atoms with Crippen LogP contribution in [0.4, 0.5) is 4.79 Å². The molecule has 0 aromatic carbocycles. The number of nitrogens with one attached hydrogen (secondary N) is 2. The summed E-state index contributed by atoms with van der Waals surface area (Å²) in [4.78, 5) is 26.3. The molecule has 108 valence electrons. The van der Waals surface area contributed by atoms with Gasteiger partial charge in [0.25, 0.3) is 0 Å².